The summed E-state index contributed by atoms with van der Waals surface area (Å²) in [5.74, 6) is 0.384. The predicted molar refractivity (Wildman–Crippen MR) is 107 cm³/mol. The third-order valence-corrected chi connectivity index (χ3v) is 5.42. The second-order valence-corrected chi connectivity index (χ2v) is 6.75. The summed E-state index contributed by atoms with van der Waals surface area (Å²) in [4.78, 5) is 0. The molecule has 130 valence electrons. The summed E-state index contributed by atoms with van der Waals surface area (Å²) in [6.45, 7) is -3.09. The number of rotatable bonds is 1. The van der Waals surface area contributed by atoms with Gasteiger partial charge in [0.2, 0.25) is 0 Å². The van der Waals surface area contributed by atoms with Gasteiger partial charge in [-0.05, 0) is 37.5 Å². The second kappa shape index (κ2) is 5.01. The van der Waals surface area contributed by atoms with E-state index in [9.17, 15) is 0 Å². The minimum absolute atomic E-state index is 0.242. The summed E-state index contributed by atoms with van der Waals surface area (Å²) < 4.78 is 56.5. The molecule has 3 aromatic heterocycles. The summed E-state index contributed by atoms with van der Waals surface area (Å²) in [6, 6.07) is 14.9. The quantitative estimate of drug-likeness (QED) is 0.407. The first kappa shape index (κ1) is 10.2. The van der Waals surface area contributed by atoms with Crippen LogP contribution in [0.3, 0.4) is 0 Å². The first-order valence-corrected chi connectivity index (χ1v) is 8.54. The van der Waals surface area contributed by atoms with Crippen LogP contribution in [0.5, 0.6) is 0 Å². The van der Waals surface area contributed by atoms with Crippen molar-refractivity contribution in [2.45, 2.75) is 13.8 Å². The molecule has 0 saturated heterocycles. The number of para-hydroxylation sites is 3. The maximum absolute atomic E-state index is 8.28. The summed E-state index contributed by atoms with van der Waals surface area (Å²) in [6.07, 6.45) is 0. The maximum Gasteiger partial charge on any atom is 0.371 e. The lowest BCUT2D eigenvalue weighted by atomic mass is 10.1. The van der Waals surface area contributed by atoms with E-state index in [-0.39, 0.29) is 5.56 Å². The Morgan fingerprint density at radius 1 is 0.962 bits per heavy atom. The number of benzene rings is 2. The van der Waals surface area contributed by atoms with Gasteiger partial charge in [0.25, 0.3) is 0 Å². The SMILES string of the molecule is [2H]C([2H])([2H])c1c(C)n(-c2n(C([2H])([2H])[2H])c3ccccc3[n+]2C)c2c1c1ccccc1n2C. The first-order chi connectivity index (χ1) is 14.9. The van der Waals surface area contributed by atoms with Crippen molar-refractivity contribution in [2.75, 3.05) is 0 Å². The highest BCUT2D eigenvalue weighted by Crippen LogP contribution is 2.36. The van der Waals surface area contributed by atoms with E-state index in [2.05, 4.69) is 0 Å². The van der Waals surface area contributed by atoms with E-state index in [0.29, 0.717) is 28.2 Å². The molecule has 0 radical (unpaired) electrons. The zero-order chi connectivity index (χ0) is 23.2. The molecular weight excluding hydrogens is 320 g/mol. The molecule has 0 spiro atoms. The normalized spacial score (nSPS) is 16.4. The van der Waals surface area contributed by atoms with Gasteiger partial charge in [0, 0.05) is 21.9 Å². The van der Waals surface area contributed by atoms with Gasteiger partial charge >= 0.3 is 5.95 Å². The highest BCUT2D eigenvalue weighted by molar-refractivity contribution is 6.09. The molecule has 0 aliphatic heterocycles. The minimum Gasteiger partial charge on any atom is -0.317 e. The van der Waals surface area contributed by atoms with Crippen molar-refractivity contribution in [3.8, 4) is 5.95 Å². The fraction of sp³-hybridized carbons (Fsp3) is 0.227. The molecule has 26 heavy (non-hydrogen) atoms. The first-order valence-electron chi connectivity index (χ1n) is 11.5. The minimum atomic E-state index is -2.47. The summed E-state index contributed by atoms with van der Waals surface area (Å²) in [5, 5.41) is 1.46. The Labute approximate surface area is 160 Å². The van der Waals surface area contributed by atoms with Gasteiger partial charge in [0.05, 0.1) is 29.3 Å². The van der Waals surface area contributed by atoms with E-state index in [1.165, 1.54) is 4.57 Å². The highest BCUT2D eigenvalue weighted by Gasteiger charge is 2.29. The van der Waals surface area contributed by atoms with Crippen LogP contribution in [-0.2, 0) is 21.1 Å². The van der Waals surface area contributed by atoms with Gasteiger partial charge in [-0.2, -0.15) is 4.57 Å². The molecule has 2 aromatic carbocycles. The van der Waals surface area contributed by atoms with Crippen molar-refractivity contribution in [3.05, 3.63) is 59.8 Å². The van der Waals surface area contributed by atoms with Crippen LogP contribution in [0.25, 0.3) is 38.9 Å². The fourth-order valence-electron chi connectivity index (χ4n) is 4.14. The third kappa shape index (κ3) is 1.66. The van der Waals surface area contributed by atoms with Gasteiger partial charge in [-0.15, -0.1) is 0 Å². The summed E-state index contributed by atoms with van der Waals surface area (Å²) in [7, 11) is 3.69. The number of aromatic nitrogens is 4. The molecule has 5 aromatic rings. The molecule has 4 nitrogen and oxygen atoms in total. The Hall–Kier alpha value is -3.01. The van der Waals surface area contributed by atoms with Crippen LogP contribution in [0.4, 0.5) is 0 Å². The molecular formula is C22H23N4+. The Bertz CT molecular complexity index is 1530. The van der Waals surface area contributed by atoms with Crippen molar-refractivity contribution in [2.24, 2.45) is 21.1 Å². The number of fused-ring (bicyclic) bond motifs is 4. The fourth-order valence-corrected chi connectivity index (χ4v) is 4.14. The lowest BCUT2D eigenvalue weighted by Gasteiger charge is -2.06. The molecule has 0 bridgehead atoms. The molecule has 0 saturated carbocycles. The van der Waals surface area contributed by atoms with Crippen molar-refractivity contribution in [3.63, 3.8) is 0 Å². The predicted octanol–water partition coefficient (Wildman–Crippen LogP) is 4.06. The molecule has 0 amide bonds. The van der Waals surface area contributed by atoms with E-state index >= 15 is 0 Å². The topological polar surface area (TPSA) is 18.7 Å². The lowest BCUT2D eigenvalue weighted by molar-refractivity contribution is -0.639. The number of aryl methyl sites for hydroxylation is 4. The molecule has 0 unspecified atom stereocenters. The Kier molecular flexibility index (Phi) is 1.97. The standard InChI is InChI=1S/C22H23N4/c1-14-15(2)26(21-20(14)16-10-6-7-11-17(16)23(21)3)22-24(4)18-12-8-9-13-19(18)25(22)5/h6-13H,1-5H3/q+1/i1D3,4D3. The van der Waals surface area contributed by atoms with Gasteiger partial charge in [0.1, 0.15) is 11.0 Å². The van der Waals surface area contributed by atoms with Crippen LogP contribution in [0.1, 0.15) is 19.5 Å². The zero-order valence-electron chi connectivity index (χ0n) is 20.9. The van der Waals surface area contributed by atoms with Gasteiger partial charge in [0.15, 0.2) is 5.65 Å². The van der Waals surface area contributed by atoms with Crippen molar-refractivity contribution in [1.82, 2.24) is 13.7 Å². The molecule has 0 atom stereocenters. The van der Waals surface area contributed by atoms with Crippen LogP contribution in [0.15, 0.2) is 48.5 Å². The van der Waals surface area contributed by atoms with Crippen LogP contribution in [0.2, 0.25) is 0 Å². The molecule has 5 rings (SSSR count). The average Bonchev–Trinajstić information content (AvgIpc) is 3.28. The van der Waals surface area contributed by atoms with Crippen molar-refractivity contribution < 1.29 is 12.8 Å². The Balaban J connectivity index is 2.08. The molecule has 0 aliphatic carbocycles. The number of hydrogen-bond acceptors (Lipinski definition) is 0. The van der Waals surface area contributed by atoms with Crippen molar-refractivity contribution >= 4 is 33.0 Å². The Morgan fingerprint density at radius 2 is 1.69 bits per heavy atom. The van der Waals surface area contributed by atoms with Gasteiger partial charge < -0.3 is 4.57 Å². The number of imidazole rings is 1. The van der Waals surface area contributed by atoms with Gasteiger partial charge in [-0.3, -0.25) is 0 Å². The van der Waals surface area contributed by atoms with Crippen LogP contribution in [-0.4, -0.2) is 13.7 Å². The zero-order valence-corrected chi connectivity index (χ0v) is 14.9. The third-order valence-electron chi connectivity index (χ3n) is 5.42. The van der Waals surface area contributed by atoms with E-state index in [4.69, 9.17) is 8.22 Å². The van der Waals surface area contributed by atoms with E-state index in [1.54, 1.807) is 23.6 Å². The van der Waals surface area contributed by atoms with Crippen LogP contribution in [0, 0.1) is 13.8 Å². The lowest BCUT2D eigenvalue weighted by Crippen LogP contribution is -2.34. The van der Waals surface area contributed by atoms with E-state index in [0.717, 1.165) is 16.4 Å². The van der Waals surface area contributed by atoms with E-state index in [1.807, 2.05) is 59.6 Å². The largest absolute Gasteiger partial charge is 0.371 e. The summed E-state index contributed by atoms with van der Waals surface area (Å²) >= 11 is 0. The van der Waals surface area contributed by atoms with Crippen LogP contribution < -0.4 is 4.57 Å². The van der Waals surface area contributed by atoms with Crippen molar-refractivity contribution in [1.29, 1.82) is 0 Å². The number of hydrogen-bond donors (Lipinski definition) is 0. The average molecular weight is 349 g/mol. The maximum atomic E-state index is 8.28. The van der Waals surface area contributed by atoms with Gasteiger partial charge in [-0.25, -0.2) is 9.13 Å². The molecule has 3 heterocycles. The summed E-state index contributed by atoms with van der Waals surface area (Å²) in [5.41, 5.74) is 3.58. The van der Waals surface area contributed by atoms with E-state index < -0.39 is 13.8 Å². The molecule has 0 aliphatic rings. The molecule has 0 N–H and O–H groups in total. The van der Waals surface area contributed by atoms with Gasteiger partial charge in [-0.1, -0.05) is 30.3 Å². The number of nitrogens with zero attached hydrogens (tertiary/aromatic N) is 4. The molecule has 4 heteroatoms. The molecule has 0 fully saturated rings. The second-order valence-electron chi connectivity index (χ2n) is 6.75. The monoisotopic (exact) mass is 349 g/mol. The highest BCUT2D eigenvalue weighted by atomic mass is 15.3. The Morgan fingerprint density at radius 3 is 2.46 bits per heavy atom. The van der Waals surface area contributed by atoms with Crippen LogP contribution >= 0.6 is 0 Å². The smallest absolute Gasteiger partial charge is 0.317 e.